The molecule has 1 aliphatic carbocycles. The number of hydrogen-bond donors (Lipinski definition) is 1. The van der Waals surface area contributed by atoms with Gasteiger partial charge in [0.05, 0.1) is 6.61 Å². The molecule has 1 saturated heterocycles. The highest BCUT2D eigenvalue weighted by atomic mass is 35.5. The first-order chi connectivity index (χ1) is 10.7. The highest BCUT2D eigenvalue weighted by Crippen LogP contribution is 2.30. The van der Waals surface area contributed by atoms with Gasteiger partial charge in [-0.2, -0.15) is 5.10 Å². The molecule has 0 radical (unpaired) electrons. The van der Waals surface area contributed by atoms with Gasteiger partial charge in [0.25, 0.3) is 0 Å². The Morgan fingerprint density at radius 1 is 1.43 bits per heavy atom. The van der Waals surface area contributed by atoms with Crippen LogP contribution in [-0.2, 0) is 15.1 Å². The van der Waals surface area contributed by atoms with Gasteiger partial charge >= 0.3 is 0 Å². The van der Waals surface area contributed by atoms with Gasteiger partial charge in [0.15, 0.2) is 0 Å². The third-order valence-electron chi connectivity index (χ3n) is 4.74. The molecule has 23 heavy (non-hydrogen) atoms. The summed E-state index contributed by atoms with van der Waals surface area (Å²) in [4.78, 5) is 14.8. The van der Waals surface area contributed by atoms with E-state index in [0.717, 1.165) is 38.5 Å². The molecule has 1 amide bonds. The Labute approximate surface area is 144 Å². The summed E-state index contributed by atoms with van der Waals surface area (Å²) in [5.74, 6) is 0.911. The van der Waals surface area contributed by atoms with Gasteiger partial charge in [0, 0.05) is 32.6 Å². The zero-order valence-electron chi connectivity index (χ0n) is 13.7. The third kappa shape index (κ3) is 4.25. The third-order valence-corrected chi connectivity index (χ3v) is 4.74. The van der Waals surface area contributed by atoms with Crippen LogP contribution in [0.3, 0.4) is 0 Å². The van der Waals surface area contributed by atoms with Gasteiger partial charge in [0.1, 0.15) is 5.54 Å². The fraction of sp³-hybridized carbons (Fsp3) is 0.750. The number of nitrogens with zero attached hydrogens (tertiary/aromatic N) is 3. The van der Waals surface area contributed by atoms with Crippen LogP contribution in [-0.4, -0.2) is 60.5 Å². The molecule has 1 saturated carbocycles. The second kappa shape index (κ2) is 8.13. The fourth-order valence-corrected chi connectivity index (χ4v) is 3.10. The second-order valence-electron chi connectivity index (χ2n) is 6.48. The maximum Gasteiger partial charge on any atom is 0.250 e. The van der Waals surface area contributed by atoms with E-state index >= 15 is 0 Å². The number of hydrogen-bond acceptors (Lipinski definition) is 4. The lowest BCUT2D eigenvalue weighted by atomic mass is 9.87. The number of rotatable bonds is 7. The normalized spacial score (nSPS) is 19.9. The maximum absolute atomic E-state index is 13.0. The van der Waals surface area contributed by atoms with E-state index in [2.05, 4.69) is 10.4 Å². The molecule has 0 unspecified atom stereocenters. The van der Waals surface area contributed by atoms with Gasteiger partial charge in [-0.1, -0.05) is 0 Å². The summed E-state index contributed by atoms with van der Waals surface area (Å²) in [6, 6.07) is 1.88. The van der Waals surface area contributed by atoms with Gasteiger partial charge in [-0.05, 0) is 50.8 Å². The minimum Gasteiger partial charge on any atom is -0.379 e. The van der Waals surface area contributed by atoms with E-state index in [1.807, 2.05) is 24.0 Å². The molecule has 2 heterocycles. The van der Waals surface area contributed by atoms with E-state index in [1.54, 1.807) is 11.1 Å². The number of aromatic nitrogens is 2. The van der Waals surface area contributed by atoms with Crippen LogP contribution in [0.1, 0.15) is 25.7 Å². The molecule has 130 valence electrons. The first-order valence-corrected chi connectivity index (χ1v) is 8.26. The number of carbonyl (C=O) groups is 1. The van der Waals surface area contributed by atoms with Crippen molar-refractivity contribution in [2.24, 2.45) is 5.92 Å². The summed E-state index contributed by atoms with van der Waals surface area (Å²) >= 11 is 0. The SMILES string of the molecule is CN(CCOCC1CC1)C(=O)C1(n2cccn2)CCNCC1.Cl. The topological polar surface area (TPSA) is 59.4 Å². The van der Waals surface area contributed by atoms with Crippen LogP contribution < -0.4 is 5.32 Å². The summed E-state index contributed by atoms with van der Waals surface area (Å²) in [7, 11) is 1.87. The van der Waals surface area contributed by atoms with E-state index in [1.165, 1.54) is 12.8 Å². The number of halogens is 1. The molecule has 1 aromatic rings. The van der Waals surface area contributed by atoms with Crippen LogP contribution in [0.4, 0.5) is 0 Å². The van der Waals surface area contributed by atoms with Crippen LogP contribution in [0.25, 0.3) is 0 Å². The first kappa shape index (κ1) is 18.2. The Morgan fingerprint density at radius 3 is 2.78 bits per heavy atom. The van der Waals surface area contributed by atoms with Crippen LogP contribution in [0.2, 0.25) is 0 Å². The Balaban J connectivity index is 0.00000192. The average Bonchev–Trinajstić information content (AvgIpc) is 3.21. The smallest absolute Gasteiger partial charge is 0.250 e. The number of carbonyl (C=O) groups excluding carboxylic acids is 1. The predicted molar refractivity (Wildman–Crippen MR) is 90.7 cm³/mol. The standard InChI is InChI=1S/C16H26N4O2.ClH/c1-19(11-12-22-13-14-3-4-14)15(21)16(5-8-17-9-6-16)20-10-2-7-18-20;/h2,7,10,14,17H,3-6,8-9,11-13H2,1H3;1H. The van der Waals surface area contributed by atoms with Crippen molar-refractivity contribution in [3.05, 3.63) is 18.5 Å². The molecular weight excluding hydrogens is 316 g/mol. The summed E-state index contributed by atoms with van der Waals surface area (Å²) in [6.07, 6.45) is 7.80. The molecule has 1 N–H and O–H groups in total. The van der Waals surface area contributed by atoms with Crippen LogP contribution in [0.5, 0.6) is 0 Å². The van der Waals surface area contributed by atoms with Crippen molar-refractivity contribution in [3.8, 4) is 0 Å². The number of ether oxygens (including phenoxy) is 1. The first-order valence-electron chi connectivity index (χ1n) is 8.26. The number of amides is 1. The fourth-order valence-electron chi connectivity index (χ4n) is 3.10. The van der Waals surface area contributed by atoms with Crippen LogP contribution in [0.15, 0.2) is 18.5 Å². The van der Waals surface area contributed by atoms with E-state index in [0.29, 0.717) is 13.2 Å². The number of piperidine rings is 1. The van der Waals surface area contributed by atoms with Gasteiger partial charge in [-0.3, -0.25) is 9.48 Å². The zero-order valence-corrected chi connectivity index (χ0v) is 14.6. The molecule has 0 spiro atoms. The lowest BCUT2D eigenvalue weighted by Gasteiger charge is -2.39. The minimum atomic E-state index is -0.542. The van der Waals surface area contributed by atoms with Crippen molar-refractivity contribution in [2.75, 3.05) is 39.9 Å². The van der Waals surface area contributed by atoms with Gasteiger partial charge in [0.2, 0.25) is 5.91 Å². The Morgan fingerprint density at radius 2 is 2.17 bits per heavy atom. The van der Waals surface area contributed by atoms with Crippen molar-refractivity contribution in [1.29, 1.82) is 0 Å². The highest BCUT2D eigenvalue weighted by Gasteiger charge is 2.43. The van der Waals surface area contributed by atoms with E-state index in [9.17, 15) is 4.79 Å². The molecule has 0 atom stereocenters. The molecule has 2 fully saturated rings. The quantitative estimate of drug-likeness (QED) is 0.758. The molecule has 0 aromatic carbocycles. The molecule has 6 nitrogen and oxygen atoms in total. The molecule has 3 rings (SSSR count). The molecule has 1 aliphatic heterocycles. The minimum absolute atomic E-state index is 0. The van der Waals surface area contributed by atoms with E-state index in [-0.39, 0.29) is 18.3 Å². The number of nitrogens with one attached hydrogen (secondary N) is 1. The number of likely N-dealkylation sites (N-methyl/N-ethyl adjacent to an activating group) is 1. The summed E-state index contributed by atoms with van der Waals surface area (Å²) in [5.41, 5.74) is -0.542. The van der Waals surface area contributed by atoms with Gasteiger partial charge in [-0.15, -0.1) is 12.4 Å². The van der Waals surface area contributed by atoms with Crippen molar-refractivity contribution < 1.29 is 9.53 Å². The van der Waals surface area contributed by atoms with Crippen molar-refractivity contribution in [2.45, 2.75) is 31.2 Å². The van der Waals surface area contributed by atoms with E-state index in [4.69, 9.17) is 4.74 Å². The van der Waals surface area contributed by atoms with Crippen LogP contribution in [0, 0.1) is 5.92 Å². The maximum atomic E-state index is 13.0. The molecule has 1 aromatic heterocycles. The van der Waals surface area contributed by atoms with Crippen LogP contribution >= 0.6 is 12.4 Å². The lowest BCUT2D eigenvalue weighted by Crippen LogP contribution is -2.55. The Hall–Kier alpha value is -1.11. The predicted octanol–water partition coefficient (Wildman–Crippen LogP) is 1.27. The zero-order chi connectivity index (χ0) is 15.4. The van der Waals surface area contributed by atoms with Gasteiger partial charge < -0.3 is 15.0 Å². The highest BCUT2D eigenvalue weighted by molar-refractivity contribution is 5.85. The van der Waals surface area contributed by atoms with Crippen molar-refractivity contribution in [3.63, 3.8) is 0 Å². The summed E-state index contributed by atoms with van der Waals surface area (Å²) in [6.45, 7) is 3.79. The Kier molecular flexibility index (Phi) is 6.44. The molecular formula is C16H27ClN4O2. The largest absolute Gasteiger partial charge is 0.379 e. The molecule has 2 aliphatic rings. The monoisotopic (exact) mass is 342 g/mol. The lowest BCUT2D eigenvalue weighted by molar-refractivity contribution is -0.142. The van der Waals surface area contributed by atoms with Gasteiger partial charge in [-0.25, -0.2) is 0 Å². The van der Waals surface area contributed by atoms with Crippen molar-refractivity contribution in [1.82, 2.24) is 20.0 Å². The average molecular weight is 343 g/mol. The van der Waals surface area contributed by atoms with E-state index < -0.39 is 5.54 Å². The Bertz CT molecular complexity index is 484. The molecule has 0 bridgehead atoms. The second-order valence-corrected chi connectivity index (χ2v) is 6.48. The summed E-state index contributed by atoms with van der Waals surface area (Å²) < 4.78 is 7.51. The summed E-state index contributed by atoms with van der Waals surface area (Å²) in [5, 5.41) is 7.68. The van der Waals surface area contributed by atoms with Crippen molar-refractivity contribution >= 4 is 18.3 Å². The molecule has 7 heteroatoms.